The van der Waals surface area contributed by atoms with Gasteiger partial charge in [0.15, 0.2) is 0 Å². The van der Waals surface area contributed by atoms with E-state index < -0.39 is 0 Å². The van der Waals surface area contributed by atoms with Crippen LogP contribution in [-0.4, -0.2) is 34.8 Å². The lowest BCUT2D eigenvalue weighted by molar-refractivity contribution is -0.129. The Morgan fingerprint density at radius 3 is 2.73 bits per heavy atom. The van der Waals surface area contributed by atoms with Gasteiger partial charge in [-0.25, -0.2) is 0 Å². The van der Waals surface area contributed by atoms with Crippen molar-refractivity contribution in [1.29, 1.82) is 0 Å². The van der Waals surface area contributed by atoms with E-state index in [1.54, 1.807) is 29.4 Å². The van der Waals surface area contributed by atoms with E-state index >= 15 is 0 Å². The van der Waals surface area contributed by atoms with Crippen LogP contribution < -0.4 is 4.90 Å². The first-order valence-electron chi connectivity index (χ1n) is 8.89. The molecular formula is C20H20ClN3O2. The van der Waals surface area contributed by atoms with E-state index in [-0.39, 0.29) is 17.9 Å². The average Bonchev–Trinajstić information content (AvgIpc) is 3.07. The molecule has 2 aliphatic rings. The molecule has 0 bridgehead atoms. The minimum Gasteiger partial charge on any atom is -0.336 e. The van der Waals surface area contributed by atoms with Crippen molar-refractivity contribution in [2.45, 2.75) is 32.2 Å². The highest BCUT2D eigenvalue weighted by Gasteiger charge is 2.29. The molecule has 2 aromatic rings. The maximum Gasteiger partial charge on any atom is 0.258 e. The predicted octanol–water partition coefficient (Wildman–Crippen LogP) is 3.62. The van der Waals surface area contributed by atoms with Gasteiger partial charge < -0.3 is 9.80 Å². The fourth-order valence-electron chi connectivity index (χ4n) is 3.78. The van der Waals surface area contributed by atoms with Crippen LogP contribution in [0.3, 0.4) is 0 Å². The lowest BCUT2D eigenvalue weighted by atomic mass is 9.98. The van der Waals surface area contributed by atoms with Gasteiger partial charge in [-0.3, -0.25) is 14.6 Å². The van der Waals surface area contributed by atoms with Crippen LogP contribution in [0.4, 0.5) is 5.69 Å². The van der Waals surface area contributed by atoms with Gasteiger partial charge in [0.25, 0.3) is 5.91 Å². The number of carbonyl (C=O) groups is 2. The van der Waals surface area contributed by atoms with Crippen LogP contribution in [0.25, 0.3) is 0 Å². The summed E-state index contributed by atoms with van der Waals surface area (Å²) in [6.45, 7) is 3.38. The van der Waals surface area contributed by atoms with Crippen molar-refractivity contribution in [3.05, 3.63) is 58.4 Å². The molecule has 4 rings (SSSR count). The topological polar surface area (TPSA) is 53.5 Å². The predicted molar refractivity (Wildman–Crippen MR) is 100 cm³/mol. The Hall–Kier alpha value is -2.40. The van der Waals surface area contributed by atoms with Gasteiger partial charge in [0, 0.05) is 36.3 Å². The summed E-state index contributed by atoms with van der Waals surface area (Å²) in [6.07, 6.45) is 5.76. The summed E-state index contributed by atoms with van der Waals surface area (Å²) >= 11 is 6.04. The van der Waals surface area contributed by atoms with E-state index in [2.05, 4.69) is 4.98 Å². The molecule has 3 heterocycles. The molecule has 5 nitrogen and oxygen atoms in total. The Morgan fingerprint density at radius 2 is 1.96 bits per heavy atom. The molecule has 6 heteroatoms. The molecule has 1 saturated heterocycles. The smallest absolute Gasteiger partial charge is 0.258 e. The molecule has 1 aromatic carbocycles. The third-order valence-electron chi connectivity index (χ3n) is 5.26. The van der Waals surface area contributed by atoms with E-state index in [0.717, 1.165) is 36.2 Å². The quantitative estimate of drug-likeness (QED) is 0.830. The molecule has 26 heavy (non-hydrogen) atoms. The number of halogens is 1. The minimum atomic E-state index is -0.0385. The molecule has 0 saturated carbocycles. The summed E-state index contributed by atoms with van der Waals surface area (Å²) in [4.78, 5) is 32.9. The normalized spacial score (nSPS) is 18.2. The third kappa shape index (κ3) is 2.97. The number of hydrogen-bond acceptors (Lipinski definition) is 3. The van der Waals surface area contributed by atoms with Crippen molar-refractivity contribution in [1.82, 2.24) is 9.88 Å². The minimum absolute atomic E-state index is 0.0354. The maximum atomic E-state index is 12.9. The van der Waals surface area contributed by atoms with Crippen molar-refractivity contribution in [3.8, 4) is 0 Å². The van der Waals surface area contributed by atoms with E-state index in [1.165, 1.54) is 0 Å². The maximum absolute atomic E-state index is 12.9. The number of hydrogen-bond donors (Lipinski definition) is 0. The number of fused-ring (bicyclic) bond motifs is 1. The summed E-state index contributed by atoms with van der Waals surface area (Å²) < 4.78 is 0. The molecule has 1 atom stereocenters. The van der Waals surface area contributed by atoms with Gasteiger partial charge in [-0.05, 0) is 55.2 Å². The number of nitrogens with zero attached hydrogens (tertiary/aromatic N) is 3. The molecule has 0 spiro atoms. The molecule has 2 aliphatic heterocycles. The first kappa shape index (κ1) is 17.0. The number of carbonyl (C=O) groups excluding carboxylic acids is 2. The molecule has 2 amide bonds. The number of anilines is 1. The lowest BCUT2D eigenvalue weighted by Crippen LogP contribution is -2.38. The zero-order valence-electron chi connectivity index (χ0n) is 14.6. The van der Waals surface area contributed by atoms with Crippen molar-refractivity contribution in [3.63, 3.8) is 0 Å². The highest BCUT2D eigenvalue weighted by molar-refractivity contribution is 6.30. The van der Waals surface area contributed by atoms with Crippen LogP contribution in [0.1, 0.15) is 47.3 Å². The first-order chi connectivity index (χ1) is 12.5. The van der Waals surface area contributed by atoms with Gasteiger partial charge in [0.1, 0.15) is 0 Å². The van der Waals surface area contributed by atoms with Crippen LogP contribution in [0.5, 0.6) is 0 Å². The van der Waals surface area contributed by atoms with Crippen molar-refractivity contribution >= 4 is 29.1 Å². The standard InChI is InChI=1S/C20H20ClN3O2/c1-13(23-7-2-3-19(23)25)15-10-17(12-22-11-15)24-8-6-14-9-16(21)4-5-18(14)20(24)26/h4-5,9-13H,2-3,6-8H2,1H3. The van der Waals surface area contributed by atoms with E-state index in [0.29, 0.717) is 23.6 Å². The SMILES string of the molecule is CC(c1cncc(N2CCc3cc(Cl)ccc3C2=O)c1)N1CCCC1=O. The Bertz CT molecular complexity index is 883. The molecule has 1 fully saturated rings. The van der Waals surface area contributed by atoms with Gasteiger partial charge in [0.2, 0.25) is 5.91 Å². The van der Waals surface area contributed by atoms with Crippen molar-refractivity contribution < 1.29 is 9.59 Å². The second-order valence-electron chi connectivity index (χ2n) is 6.85. The zero-order chi connectivity index (χ0) is 18.3. The number of pyridine rings is 1. The molecule has 1 unspecified atom stereocenters. The highest BCUT2D eigenvalue weighted by Crippen LogP contribution is 2.30. The second-order valence-corrected chi connectivity index (χ2v) is 7.29. The molecular weight excluding hydrogens is 350 g/mol. The summed E-state index contributed by atoms with van der Waals surface area (Å²) in [5.41, 5.74) is 3.40. The van der Waals surface area contributed by atoms with Crippen LogP contribution in [0, 0.1) is 0 Å². The Morgan fingerprint density at radius 1 is 1.12 bits per heavy atom. The second kappa shape index (κ2) is 6.72. The summed E-state index contributed by atoms with van der Waals surface area (Å²) in [5, 5.41) is 0.651. The van der Waals surface area contributed by atoms with E-state index in [4.69, 9.17) is 11.6 Å². The van der Waals surface area contributed by atoms with Gasteiger partial charge in [-0.1, -0.05) is 11.6 Å². The molecule has 0 aliphatic carbocycles. The van der Waals surface area contributed by atoms with Gasteiger partial charge in [0.05, 0.1) is 17.9 Å². The van der Waals surface area contributed by atoms with Gasteiger partial charge in [-0.2, -0.15) is 0 Å². The number of likely N-dealkylation sites (tertiary alicyclic amines) is 1. The van der Waals surface area contributed by atoms with E-state index in [9.17, 15) is 9.59 Å². The number of amides is 2. The monoisotopic (exact) mass is 369 g/mol. The van der Waals surface area contributed by atoms with Crippen LogP contribution in [-0.2, 0) is 11.2 Å². The Balaban J connectivity index is 1.62. The van der Waals surface area contributed by atoms with E-state index in [1.807, 2.05) is 24.0 Å². The van der Waals surface area contributed by atoms with Gasteiger partial charge in [-0.15, -0.1) is 0 Å². The molecule has 0 radical (unpaired) electrons. The lowest BCUT2D eigenvalue weighted by Gasteiger charge is -2.30. The van der Waals surface area contributed by atoms with Crippen molar-refractivity contribution in [2.24, 2.45) is 0 Å². The zero-order valence-corrected chi connectivity index (χ0v) is 15.4. The molecule has 134 valence electrons. The van der Waals surface area contributed by atoms with Gasteiger partial charge >= 0.3 is 0 Å². The Kier molecular flexibility index (Phi) is 4.41. The average molecular weight is 370 g/mol. The van der Waals surface area contributed by atoms with Crippen LogP contribution >= 0.6 is 11.6 Å². The largest absolute Gasteiger partial charge is 0.336 e. The third-order valence-corrected chi connectivity index (χ3v) is 5.50. The first-order valence-corrected chi connectivity index (χ1v) is 9.27. The summed E-state index contributed by atoms with van der Waals surface area (Å²) in [7, 11) is 0. The van der Waals surface area contributed by atoms with Crippen LogP contribution in [0.2, 0.25) is 5.02 Å². The summed E-state index contributed by atoms with van der Waals surface area (Å²) in [6, 6.07) is 7.33. The van der Waals surface area contributed by atoms with Crippen LogP contribution in [0.15, 0.2) is 36.7 Å². The number of benzene rings is 1. The summed E-state index contributed by atoms with van der Waals surface area (Å²) in [5.74, 6) is 0.148. The number of aromatic nitrogens is 1. The molecule has 1 aromatic heterocycles. The Labute approximate surface area is 157 Å². The van der Waals surface area contributed by atoms with Crippen molar-refractivity contribution in [2.75, 3.05) is 18.0 Å². The fraction of sp³-hybridized carbons (Fsp3) is 0.350. The highest BCUT2D eigenvalue weighted by atomic mass is 35.5. The fourth-order valence-corrected chi connectivity index (χ4v) is 3.98. The molecule has 0 N–H and O–H groups in total. The number of rotatable bonds is 3.